The SMILES string of the molecule is CCOc1cc(Cl)nc(-c2ccc(Cl)c(Cl)c2)n1. The fraction of sp³-hybridized carbons (Fsp3) is 0.167. The zero-order chi connectivity index (χ0) is 13.1. The number of halogens is 3. The van der Waals surface area contributed by atoms with Crippen LogP contribution in [0.5, 0.6) is 5.88 Å². The fourth-order valence-corrected chi connectivity index (χ4v) is 1.85. The third kappa shape index (κ3) is 3.05. The van der Waals surface area contributed by atoms with Crippen molar-refractivity contribution in [1.82, 2.24) is 9.97 Å². The van der Waals surface area contributed by atoms with Gasteiger partial charge in [0.2, 0.25) is 5.88 Å². The third-order valence-electron chi connectivity index (χ3n) is 2.14. The van der Waals surface area contributed by atoms with Gasteiger partial charge in [-0.1, -0.05) is 34.8 Å². The van der Waals surface area contributed by atoms with E-state index in [2.05, 4.69) is 9.97 Å². The minimum absolute atomic E-state index is 0.314. The number of benzene rings is 1. The first kappa shape index (κ1) is 13.4. The van der Waals surface area contributed by atoms with Gasteiger partial charge in [-0.15, -0.1) is 0 Å². The van der Waals surface area contributed by atoms with Gasteiger partial charge in [-0.2, -0.15) is 4.98 Å². The highest BCUT2D eigenvalue weighted by atomic mass is 35.5. The van der Waals surface area contributed by atoms with E-state index in [-0.39, 0.29) is 0 Å². The van der Waals surface area contributed by atoms with Crippen LogP contribution in [0.1, 0.15) is 6.92 Å². The van der Waals surface area contributed by atoms with E-state index in [4.69, 9.17) is 39.5 Å². The fourth-order valence-electron chi connectivity index (χ4n) is 1.38. The molecule has 1 aromatic carbocycles. The van der Waals surface area contributed by atoms with Gasteiger partial charge in [0.15, 0.2) is 5.82 Å². The van der Waals surface area contributed by atoms with Gasteiger partial charge in [-0.05, 0) is 25.1 Å². The van der Waals surface area contributed by atoms with Crippen molar-refractivity contribution in [3.05, 3.63) is 39.5 Å². The lowest BCUT2D eigenvalue weighted by Crippen LogP contribution is -1.97. The summed E-state index contributed by atoms with van der Waals surface area (Å²) in [5, 5.41) is 1.23. The largest absolute Gasteiger partial charge is 0.478 e. The Kier molecular flexibility index (Phi) is 4.27. The Morgan fingerprint density at radius 2 is 1.83 bits per heavy atom. The Hall–Kier alpha value is -1.03. The van der Waals surface area contributed by atoms with Gasteiger partial charge in [-0.3, -0.25) is 0 Å². The summed E-state index contributed by atoms with van der Waals surface area (Å²) in [5.74, 6) is 0.878. The molecular weight excluding hydrogens is 295 g/mol. The number of rotatable bonds is 3. The van der Waals surface area contributed by atoms with E-state index in [0.717, 1.165) is 5.56 Å². The van der Waals surface area contributed by atoms with Gasteiger partial charge < -0.3 is 4.74 Å². The van der Waals surface area contributed by atoms with Crippen LogP contribution in [0.15, 0.2) is 24.3 Å². The molecule has 0 fully saturated rings. The predicted molar refractivity (Wildman–Crippen MR) is 73.7 cm³/mol. The molecule has 1 heterocycles. The molecule has 94 valence electrons. The van der Waals surface area contributed by atoms with Crippen LogP contribution in [0.2, 0.25) is 15.2 Å². The van der Waals surface area contributed by atoms with Crippen molar-refractivity contribution in [2.45, 2.75) is 6.92 Å². The van der Waals surface area contributed by atoms with Crippen molar-refractivity contribution in [3.63, 3.8) is 0 Å². The lowest BCUT2D eigenvalue weighted by molar-refractivity contribution is 0.326. The molecule has 0 aliphatic carbocycles. The Balaban J connectivity index is 2.46. The second-order valence-corrected chi connectivity index (χ2v) is 4.62. The van der Waals surface area contributed by atoms with Crippen molar-refractivity contribution in [2.75, 3.05) is 6.61 Å². The monoisotopic (exact) mass is 302 g/mol. The van der Waals surface area contributed by atoms with Gasteiger partial charge >= 0.3 is 0 Å². The second kappa shape index (κ2) is 5.74. The van der Waals surface area contributed by atoms with Crippen LogP contribution in [0.4, 0.5) is 0 Å². The smallest absolute Gasteiger partial charge is 0.218 e. The van der Waals surface area contributed by atoms with Gasteiger partial charge in [0.25, 0.3) is 0 Å². The molecule has 0 N–H and O–H groups in total. The number of ether oxygens (including phenoxy) is 1. The third-order valence-corrected chi connectivity index (χ3v) is 3.07. The van der Waals surface area contributed by atoms with E-state index in [1.807, 2.05) is 6.92 Å². The first-order valence-corrected chi connectivity index (χ1v) is 6.36. The zero-order valence-corrected chi connectivity index (χ0v) is 11.7. The quantitative estimate of drug-likeness (QED) is 0.783. The summed E-state index contributed by atoms with van der Waals surface area (Å²) in [6, 6.07) is 6.71. The standard InChI is InChI=1S/C12H9Cl3N2O/c1-2-18-11-6-10(15)16-12(17-11)7-3-4-8(13)9(14)5-7/h3-6H,2H2,1H3. The maximum absolute atomic E-state index is 5.95. The molecule has 0 amide bonds. The first-order chi connectivity index (χ1) is 8.60. The van der Waals surface area contributed by atoms with Crippen LogP contribution in [0.3, 0.4) is 0 Å². The summed E-state index contributed by atoms with van der Waals surface area (Å²) in [7, 11) is 0. The summed E-state index contributed by atoms with van der Waals surface area (Å²) >= 11 is 17.7. The molecular formula is C12H9Cl3N2O. The van der Waals surface area contributed by atoms with Gasteiger partial charge in [0, 0.05) is 11.6 Å². The highest BCUT2D eigenvalue weighted by Crippen LogP contribution is 2.28. The van der Waals surface area contributed by atoms with Crippen molar-refractivity contribution in [2.24, 2.45) is 0 Å². The number of hydrogen-bond donors (Lipinski definition) is 0. The molecule has 3 nitrogen and oxygen atoms in total. The van der Waals surface area contributed by atoms with Crippen LogP contribution < -0.4 is 4.74 Å². The molecule has 0 radical (unpaired) electrons. The second-order valence-electron chi connectivity index (χ2n) is 3.41. The Morgan fingerprint density at radius 3 is 2.50 bits per heavy atom. The molecule has 0 atom stereocenters. The molecule has 0 saturated carbocycles. The minimum atomic E-state index is 0.314. The van der Waals surface area contributed by atoms with Crippen LogP contribution >= 0.6 is 34.8 Å². The Morgan fingerprint density at radius 1 is 1.06 bits per heavy atom. The van der Waals surface area contributed by atoms with E-state index in [1.165, 1.54) is 0 Å². The molecule has 2 aromatic rings. The van der Waals surface area contributed by atoms with Gasteiger partial charge in [-0.25, -0.2) is 4.98 Å². The Labute approximate surface area is 120 Å². The topological polar surface area (TPSA) is 35.0 Å². The normalized spacial score (nSPS) is 10.4. The zero-order valence-electron chi connectivity index (χ0n) is 9.45. The maximum Gasteiger partial charge on any atom is 0.218 e. The van der Waals surface area contributed by atoms with Gasteiger partial charge in [0.1, 0.15) is 5.15 Å². The molecule has 1 aromatic heterocycles. The highest BCUT2D eigenvalue weighted by Gasteiger charge is 2.08. The lowest BCUT2D eigenvalue weighted by atomic mass is 10.2. The van der Waals surface area contributed by atoms with Crippen LogP contribution in [-0.4, -0.2) is 16.6 Å². The van der Waals surface area contributed by atoms with Crippen molar-refractivity contribution < 1.29 is 4.74 Å². The molecule has 0 bridgehead atoms. The number of hydrogen-bond acceptors (Lipinski definition) is 3. The molecule has 0 aliphatic heterocycles. The predicted octanol–water partition coefficient (Wildman–Crippen LogP) is 4.50. The average molecular weight is 304 g/mol. The van der Waals surface area contributed by atoms with Gasteiger partial charge in [0.05, 0.1) is 16.7 Å². The molecule has 0 saturated heterocycles. The summed E-state index contributed by atoms with van der Waals surface area (Å²) in [6.07, 6.45) is 0. The molecule has 0 spiro atoms. The van der Waals surface area contributed by atoms with E-state index in [0.29, 0.717) is 33.5 Å². The first-order valence-electron chi connectivity index (χ1n) is 5.23. The van der Waals surface area contributed by atoms with Crippen molar-refractivity contribution in [3.8, 4) is 17.3 Å². The number of aromatic nitrogens is 2. The van der Waals surface area contributed by atoms with E-state index in [9.17, 15) is 0 Å². The lowest BCUT2D eigenvalue weighted by Gasteiger charge is -2.06. The van der Waals surface area contributed by atoms with Crippen LogP contribution in [-0.2, 0) is 0 Å². The summed E-state index contributed by atoms with van der Waals surface area (Å²) in [4.78, 5) is 8.37. The van der Waals surface area contributed by atoms with E-state index in [1.54, 1.807) is 24.3 Å². The van der Waals surface area contributed by atoms with Crippen LogP contribution in [0, 0.1) is 0 Å². The van der Waals surface area contributed by atoms with Crippen LogP contribution in [0.25, 0.3) is 11.4 Å². The van der Waals surface area contributed by atoms with Crippen molar-refractivity contribution in [1.29, 1.82) is 0 Å². The molecule has 0 unspecified atom stereocenters. The molecule has 2 rings (SSSR count). The highest BCUT2D eigenvalue weighted by molar-refractivity contribution is 6.42. The average Bonchev–Trinajstić information content (AvgIpc) is 2.32. The molecule has 0 aliphatic rings. The maximum atomic E-state index is 5.95. The molecule has 18 heavy (non-hydrogen) atoms. The molecule has 6 heteroatoms. The summed E-state index contributed by atoms with van der Waals surface area (Å²) in [6.45, 7) is 2.38. The number of nitrogens with zero attached hydrogens (tertiary/aromatic N) is 2. The Bertz CT molecular complexity index is 575. The summed E-state index contributed by atoms with van der Waals surface area (Å²) in [5.41, 5.74) is 0.729. The van der Waals surface area contributed by atoms with E-state index >= 15 is 0 Å². The minimum Gasteiger partial charge on any atom is -0.478 e. The van der Waals surface area contributed by atoms with Crippen molar-refractivity contribution >= 4 is 34.8 Å². The van der Waals surface area contributed by atoms with E-state index < -0.39 is 0 Å². The summed E-state index contributed by atoms with van der Waals surface area (Å²) < 4.78 is 5.31.